The topological polar surface area (TPSA) is 28.7 Å². The van der Waals surface area contributed by atoms with Gasteiger partial charge in [0.1, 0.15) is 11.8 Å². The van der Waals surface area contributed by atoms with E-state index in [1.165, 1.54) is 0 Å². The first-order valence-corrected chi connectivity index (χ1v) is 5.12. The zero-order valence-corrected chi connectivity index (χ0v) is 8.93. The van der Waals surface area contributed by atoms with Crippen molar-refractivity contribution in [1.29, 1.82) is 5.26 Å². The van der Waals surface area contributed by atoms with E-state index in [4.69, 9.17) is 5.26 Å². The van der Waals surface area contributed by atoms with E-state index in [9.17, 15) is 0 Å². The molecule has 0 N–H and O–H groups in total. The molecule has 2 nitrogen and oxygen atoms in total. The van der Waals surface area contributed by atoms with Gasteiger partial charge in [-0.25, -0.2) is 0 Å². The van der Waals surface area contributed by atoms with Gasteiger partial charge in [0.25, 0.3) is 0 Å². The van der Waals surface area contributed by atoms with Crippen molar-refractivity contribution in [3.8, 4) is 17.3 Å². The average molecular weight is 208 g/mol. The number of benzene rings is 1. The fourth-order valence-corrected chi connectivity index (χ4v) is 1.75. The Balaban J connectivity index is 2.54. The van der Waals surface area contributed by atoms with Crippen LogP contribution in [0.5, 0.6) is 0 Å². The Hall–Kier alpha value is -2.27. The fraction of sp³-hybridized carbons (Fsp3) is 0.0714. The van der Waals surface area contributed by atoms with Crippen molar-refractivity contribution < 1.29 is 0 Å². The lowest BCUT2D eigenvalue weighted by molar-refractivity contribution is 0.826. The summed E-state index contributed by atoms with van der Waals surface area (Å²) in [5.74, 6) is 0. The van der Waals surface area contributed by atoms with Crippen LogP contribution in [0.1, 0.15) is 5.69 Å². The Labute approximate surface area is 95.1 Å². The molecule has 0 unspecified atom stereocenters. The van der Waals surface area contributed by atoms with Gasteiger partial charge in [-0.3, -0.25) is 0 Å². The van der Waals surface area contributed by atoms with Crippen molar-refractivity contribution in [2.24, 2.45) is 0 Å². The molecule has 0 saturated carbocycles. The van der Waals surface area contributed by atoms with Crippen LogP contribution in [-0.2, 0) is 6.54 Å². The van der Waals surface area contributed by atoms with Gasteiger partial charge in [0.15, 0.2) is 0 Å². The summed E-state index contributed by atoms with van der Waals surface area (Å²) in [6.45, 7) is 4.37. The Kier molecular flexibility index (Phi) is 2.88. The van der Waals surface area contributed by atoms with Crippen molar-refractivity contribution in [3.63, 3.8) is 0 Å². The Morgan fingerprint density at radius 1 is 1.19 bits per heavy atom. The van der Waals surface area contributed by atoms with Crippen molar-refractivity contribution in [2.45, 2.75) is 6.54 Å². The van der Waals surface area contributed by atoms with Crippen molar-refractivity contribution in [3.05, 3.63) is 60.8 Å². The van der Waals surface area contributed by atoms with Gasteiger partial charge >= 0.3 is 0 Å². The lowest BCUT2D eigenvalue weighted by Gasteiger charge is -2.07. The molecule has 0 amide bonds. The number of nitriles is 1. The Morgan fingerprint density at radius 2 is 1.94 bits per heavy atom. The lowest BCUT2D eigenvalue weighted by atomic mass is 10.1. The van der Waals surface area contributed by atoms with E-state index in [1.54, 1.807) is 6.08 Å². The number of hydrogen-bond acceptors (Lipinski definition) is 1. The highest BCUT2D eigenvalue weighted by Gasteiger charge is 2.07. The third-order valence-electron chi connectivity index (χ3n) is 2.48. The normalized spacial score (nSPS) is 9.69. The molecule has 2 rings (SSSR count). The van der Waals surface area contributed by atoms with E-state index < -0.39 is 0 Å². The lowest BCUT2D eigenvalue weighted by Crippen LogP contribution is -2.00. The summed E-state index contributed by atoms with van der Waals surface area (Å²) in [6.07, 6.45) is 1.80. The van der Waals surface area contributed by atoms with Crippen LogP contribution >= 0.6 is 0 Å². The molecule has 0 atom stereocenters. The first-order valence-electron chi connectivity index (χ1n) is 5.12. The second-order valence-corrected chi connectivity index (χ2v) is 3.48. The maximum Gasteiger partial charge on any atom is 0.120 e. The van der Waals surface area contributed by atoms with Crippen LogP contribution in [0.15, 0.2) is 55.1 Å². The summed E-state index contributed by atoms with van der Waals surface area (Å²) < 4.78 is 1.96. The Bertz CT molecular complexity index is 530. The summed E-state index contributed by atoms with van der Waals surface area (Å²) in [5.41, 5.74) is 2.83. The summed E-state index contributed by atoms with van der Waals surface area (Å²) in [5, 5.41) is 9.00. The molecule has 78 valence electrons. The van der Waals surface area contributed by atoms with E-state index >= 15 is 0 Å². The van der Waals surface area contributed by atoms with Crippen molar-refractivity contribution in [1.82, 2.24) is 4.57 Å². The zero-order valence-electron chi connectivity index (χ0n) is 8.93. The van der Waals surface area contributed by atoms with Crippen LogP contribution in [0.4, 0.5) is 0 Å². The fourth-order valence-electron chi connectivity index (χ4n) is 1.75. The smallest absolute Gasteiger partial charge is 0.120 e. The molecular formula is C14H12N2. The molecule has 0 fully saturated rings. The van der Waals surface area contributed by atoms with E-state index in [-0.39, 0.29) is 0 Å². The number of aromatic nitrogens is 1. The van der Waals surface area contributed by atoms with E-state index in [2.05, 4.69) is 12.6 Å². The maximum atomic E-state index is 9.00. The zero-order chi connectivity index (χ0) is 11.4. The molecule has 0 saturated heterocycles. The van der Waals surface area contributed by atoms with Gasteiger partial charge in [-0.2, -0.15) is 5.26 Å². The van der Waals surface area contributed by atoms with E-state index in [0.717, 1.165) is 11.3 Å². The number of allylic oxidation sites excluding steroid dienone is 1. The standard InChI is InChI=1S/C14H12N2/c1-2-10-16-13(11-15)8-9-14(16)12-6-4-3-5-7-12/h2-9H,1,10H2. The van der Waals surface area contributed by atoms with Gasteiger partial charge in [0.2, 0.25) is 0 Å². The summed E-state index contributed by atoms with van der Waals surface area (Å²) in [6, 6.07) is 16.0. The van der Waals surface area contributed by atoms with Gasteiger partial charge < -0.3 is 4.57 Å². The predicted octanol–water partition coefficient (Wildman–Crippen LogP) is 3.21. The minimum Gasteiger partial charge on any atom is -0.328 e. The largest absolute Gasteiger partial charge is 0.328 e. The second kappa shape index (κ2) is 4.50. The number of nitrogens with zero attached hydrogens (tertiary/aromatic N) is 2. The molecule has 0 bridgehead atoms. The molecule has 0 aliphatic carbocycles. The van der Waals surface area contributed by atoms with Crippen LogP contribution in [-0.4, -0.2) is 4.57 Å². The van der Waals surface area contributed by atoms with E-state index in [0.29, 0.717) is 12.2 Å². The molecular weight excluding hydrogens is 196 g/mol. The third kappa shape index (κ3) is 1.76. The monoisotopic (exact) mass is 208 g/mol. The molecule has 1 heterocycles. The van der Waals surface area contributed by atoms with Crippen LogP contribution in [0.3, 0.4) is 0 Å². The SMILES string of the molecule is C=CCn1c(C#N)ccc1-c1ccccc1. The van der Waals surface area contributed by atoms with Crippen LogP contribution < -0.4 is 0 Å². The average Bonchev–Trinajstić information content (AvgIpc) is 2.74. The molecule has 0 aliphatic rings. The molecule has 0 radical (unpaired) electrons. The highest BCUT2D eigenvalue weighted by Crippen LogP contribution is 2.22. The van der Waals surface area contributed by atoms with Gasteiger partial charge in [0.05, 0.1) is 0 Å². The maximum absolute atomic E-state index is 9.00. The molecule has 2 aromatic rings. The number of rotatable bonds is 3. The van der Waals surface area contributed by atoms with Crippen LogP contribution in [0, 0.1) is 11.3 Å². The highest BCUT2D eigenvalue weighted by atomic mass is 15.0. The van der Waals surface area contributed by atoms with Gasteiger partial charge in [-0.05, 0) is 17.7 Å². The molecule has 0 spiro atoms. The molecule has 0 aliphatic heterocycles. The highest BCUT2D eigenvalue weighted by molar-refractivity contribution is 5.61. The number of hydrogen-bond donors (Lipinski definition) is 0. The molecule has 2 heteroatoms. The molecule has 1 aromatic heterocycles. The third-order valence-corrected chi connectivity index (χ3v) is 2.48. The Morgan fingerprint density at radius 3 is 2.56 bits per heavy atom. The summed E-state index contributed by atoms with van der Waals surface area (Å²) in [7, 11) is 0. The predicted molar refractivity (Wildman–Crippen MR) is 64.8 cm³/mol. The van der Waals surface area contributed by atoms with E-state index in [1.807, 2.05) is 47.0 Å². The minimum atomic E-state index is 0.653. The van der Waals surface area contributed by atoms with Crippen LogP contribution in [0.2, 0.25) is 0 Å². The molecule has 1 aromatic carbocycles. The van der Waals surface area contributed by atoms with Gasteiger partial charge in [-0.1, -0.05) is 36.4 Å². The minimum absolute atomic E-state index is 0.653. The first kappa shape index (κ1) is 10.3. The van der Waals surface area contributed by atoms with Gasteiger partial charge in [0, 0.05) is 12.2 Å². The summed E-state index contributed by atoms with van der Waals surface area (Å²) in [4.78, 5) is 0. The van der Waals surface area contributed by atoms with Crippen molar-refractivity contribution in [2.75, 3.05) is 0 Å². The first-order chi connectivity index (χ1) is 7.86. The van der Waals surface area contributed by atoms with Crippen LogP contribution in [0.25, 0.3) is 11.3 Å². The summed E-state index contributed by atoms with van der Waals surface area (Å²) >= 11 is 0. The second-order valence-electron chi connectivity index (χ2n) is 3.48. The quantitative estimate of drug-likeness (QED) is 0.712. The van der Waals surface area contributed by atoms with Crippen molar-refractivity contribution >= 4 is 0 Å². The van der Waals surface area contributed by atoms with Gasteiger partial charge in [-0.15, -0.1) is 6.58 Å². The molecule has 16 heavy (non-hydrogen) atoms.